The Morgan fingerprint density at radius 2 is 1.74 bits per heavy atom. The van der Waals surface area contributed by atoms with Crippen LogP contribution in [0.3, 0.4) is 0 Å². The maximum atomic E-state index is 10.8. The van der Waals surface area contributed by atoms with E-state index >= 15 is 0 Å². The Labute approximate surface area is 163 Å². The van der Waals surface area contributed by atoms with Gasteiger partial charge >= 0.3 is 0 Å². The van der Waals surface area contributed by atoms with E-state index in [1.54, 1.807) is 14.2 Å². The molecule has 0 bridgehead atoms. The van der Waals surface area contributed by atoms with Gasteiger partial charge in [-0.3, -0.25) is 4.90 Å². The van der Waals surface area contributed by atoms with Gasteiger partial charge in [-0.15, -0.1) is 0 Å². The first-order valence-electron chi connectivity index (χ1n) is 8.83. The molecule has 1 atom stereocenters. The number of ether oxygens (including phenoxy) is 2. The number of para-hydroxylation sites is 2. The molecule has 0 saturated carbocycles. The third-order valence-corrected chi connectivity index (χ3v) is 5.75. The van der Waals surface area contributed by atoms with Crippen LogP contribution in [0.4, 0.5) is 0 Å². The quantitative estimate of drug-likeness (QED) is 0.699. The molecule has 1 aromatic heterocycles. The lowest BCUT2D eigenvalue weighted by Crippen LogP contribution is -2.35. The van der Waals surface area contributed by atoms with E-state index in [9.17, 15) is 5.11 Å². The van der Waals surface area contributed by atoms with Crippen molar-refractivity contribution in [3.8, 4) is 11.5 Å². The lowest BCUT2D eigenvalue weighted by molar-refractivity contribution is 0.0709. The van der Waals surface area contributed by atoms with Crippen LogP contribution >= 0.6 is 12.2 Å². The number of benzene rings is 2. The number of methoxy groups -OCH3 is 2. The minimum Gasteiger partial charge on any atom is -0.496 e. The highest BCUT2D eigenvalue weighted by molar-refractivity contribution is 7.71. The molecule has 0 radical (unpaired) electrons. The van der Waals surface area contributed by atoms with Crippen LogP contribution in [0, 0.1) is 4.77 Å². The number of nitrogens with zero attached hydrogens (tertiary/aromatic N) is 3. The van der Waals surface area contributed by atoms with Crippen molar-refractivity contribution in [3.63, 3.8) is 0 Å². The van der Waals surface area contributed by atoms with Crippen molar-refractivity contribution >= 4 is 23.3 Å². The van der Waals surface area contributed by atoms with Gasteiger partial charge < -0.3 is 23.7 Å². The highest BCUT2D eigenvalue weighted by Gasteiger charge is 2.30. The predicted octanol–water partition coefficient (Wildman–Crippen LogP) is 3.23. The summed E-state index contributed by atoms with van der Waals surface area (Å²) in [4.78, 5) is 2.18. The van der Waals surface area contributed by atoms with Gasteiger partial charge in [-0.05, 0) is 36.5 Å². The number of aliphatic hydroxyl groups is 1. The van der Waals surface area contributed by atoms with Crippen LogP contribution in [0.15, 0.2) is 36.4 Å². The summed E-state index contributed by atoms with van der Waals surface area (Å²) in [6, 6.07) is 11.9. The van der Waals surface area contributed by atoms with E-state index in [1.165, 1.54) is 0 Å². The molecule has 27 heavy (non-hydrogen) atoms. The molecule has 0 fully saturated rings. The molecule has 4 rings (SSSR count). The lowest BCUT2D eigenvalue weighted by Gasteiger charge is -2.34. The number of rotatable bonds is 4. The highest BCUT2D eigenvalue weighted by atomic mass is 32.1. The summed E-state index contributed by atoms with van der Waals surface area (Å²) in [6.45, 7) is 1.75. The first kappa shape index (κ1) is 18.0. The second-order valence-electron chi connectivity index (χ2n) is 6.79. The topological polar surface area (TPSA) is 51.8 Å². The maximum absolute atomic E-state index is 10.8. The fourth-order valence-corrected chi connectivity index (χ4v) is 4.21. The number of aliphatic hydroxyl groups excluding tert-OH is 1. The molecule has 0 spiro atoms. The normalized spacial score (nSPS) is 17.1. The number of aromatic nitrogens is 2. The molecular weight excluding hydrogens is 362 g/mol. The number of imidazole rings is 1. The molecular formula is C20H23N3O3S. The Bertz CT molecular complexity index is 1060. The van der Waals surface area contributed by atoms with Gasteiger partial charge in [0.15, 0.2) is 4.77 Å². The zero-order valence-electron chi connectivity index (χ0n) is 15.7. The monoisotopic (exact) mass is 385 g/mol. The molecule has 2 heterocycles. The summed E-state index contributed by atoms with van der Waals surface area (Å²) in [7, 11) is 5.25. The van der Waals surface area contributed by atoms with Gasteiger partial charge in [-0.1, -0.05) is 12.1 Å². The standard InChI is InChI=1S/C20H23N3O3S/c1-21-14-6-4-5-7-15(14)23(20(21)27)12-22-10-13-17(25-2)8-9-18(26-3)19(13)16(24)11-22/h4-9,16,24H,10-12H2,1-3H3/t16-/m0/s1. The second-order valence-corrected chi connectivity index (χ2v) is 7.15. The fraction of sp³-hybridized carbons (Fsp3) is 0.350. The van der Waals surface area contributed by atoms with Crippen molar-refractivity contribution < 1.29 is 14.6 Å². The average molecular weight is 385 g/mol. The van der Waals surface area contributed by atoms with Crippen LogP contribution in [-0.2, 0) is 20.3 Å². The van der Waals surface area contributed by atoms with E-state index in [1.807, 2.05) is 35.9 Å². The number of aryl methyl sites for hydroxylation is 1. The Morgan fingerprint density at radius 1 is 1.07 bits per heavy atom. The molecule has 0 unspecified atom stereocenters. The van der Waals surface area contributed by atoms with Gasteiger partial charge in [0.25, 0.3) is 0 Å². The molecule has 3 aromatic rings. The number of β-amino-alcohol motifs (C(OH)–C–C–N with tert-alkyl or cyclic N) is 1. The first-order valence-corrected chi connectivity index (χ1v) is 9.24. The zero-order chi connectivity index (χ0) is 19.1. The summed E-state index contributed by atoms with van der Waals surface area (Å²) in [5.74, 6) is 1.45. The van der Waals surface area contributed by atoms with Crippen LogP contribution in [0.5, 0.6) is 11.5 Å². The van der Waals surface area contributed by atoms with Crippen LogP contribution in [0.1, 0.15) is 17.2 Å². The molecule has 0 aliphatic carbocycles. The predicted molar refractivity (Wildman–Crippen MR) is 107 cm³/mol. The molecule has 0 amide bonds. The van der Waals surface area contributed by atoms with Crippen molar-refractivity contribution in [2.24, 2.45) is 7.05 Å². The Balaban J connectivity index is 1.73. The van der Waals surface area contributed by atoms with Gasteiger partial charge in [0.05, 0.1) is 38.0 Å². The summed E-state index contributed by atoms with van der Waals surface area (Å²) < 4.78 is 15.9. The smallest absolute Gasteiger partial charge is 0.181 e. The Hall–Kier alpha value is -2.35. The van der Waals surface area contributed by atoms with Crippen molar-refractivity contribution in [2.75, 3.05) is 20.8 Å². The number of fused-ring (bicyclic) bond motifs is 2. The summed E-state index contributed by atoms with van der Waals surface area (Å²) in [5, 5.41) is 10.8. The summed E-state index contributed by atoms with van der Waals surface area (Å²) >= 11 is 5.65. The van der Waals surface area contributed by atoms with Crippen molar-refractivity contribution in [2.45, 2.75) is 19.3 Å². The second kappa shape index (κ2) is 6.99. The van der Waals surface area contributed by atoms with Gasteiger partial charge in [-0.2, -0.15) is 0 Å². The highest BCUT2D eigenvalue weighted by Crippen LogP contribution is 2.39. The minimum absolute atomic E-state index is 0.502. The largest absolute Gasteiger partial charge is 0.496 e. The van der Waals surface area contributed by atoms with Gasteiger partial charge in [0.1, 0.15) is 11.5 Å². The minimum atomic E-state index is -0.650. The van der Waals surface area contributed by atoms with E-state index in [0.29, 0.717) is 25.5 Å². The Morgan fingerprint density at radius 3 is 2.44 bits per heavy atom. The summed E-state index contributed by atoms with van der Waals surface area (Å²) in [6.07, 6.45) is -0.650. The molecule has 1 aliphatic heterocycles. The summed E-state index contributed by atoms with van der Waals surface area (Å²) in [5.41, 5.74) is 3.96. The van der Waals surface area contributed by atoms with Crippen LogP contribution in [-0.4, -0.2) is 39.9 Å². The SMILES string of the molecule is COc1ccc(OC)c2c1CN(Cn1c(=S)n(C)c3ccccc31)C[C@@H]2O. The third-order valence-electron chi connectivity index (χ3n) is 5.25. The molecule has 1 N–H and O–H groups in total. The van der Waals surface area contributed by atoms with Crippen LogP contribution < -0.4 is 9.47 Å². The molecule has 142 valence electrons. The van der Waals surface area contributed by atoms with Gasteiger partial charge in [0.2, 0.25) is 0 Å². The lowest BCUT2D eigenvalue weighted by atomic mass is 9.95. The van der Waals surface area contributed by atoms with Crippen LogP contribution in [0.25, 0.3) is 11.0 Å². The number of hydrogen-bond acceptors (Lipinski definition) is 5. The van der Waals surface area contributed by atoms with E-state index in [0.717, 1.165) is 32.7 Å². The molecule has 2 aromatic carbocycles. The Kier molecular flexibility index (Phi) is 4.67. The maximum Gasteiger partial charge on any atom is 0.181 e. The van der Waals surface area contributed by atoms with Crippen molar-refractivity contribution in [3.05, 3.63) is 52.3 Å². The van der Waals surface area contributed by atoms with Crippen molar-refractivity contribution in [1.82, 2.24) is 14.0 Å². The first-order chi connectivity index (χ1) is 13.0. The van der Waals surface area contributed by atoms with E-state index in [4.69, 9.17) is 21.7 Å². The van der Waals surface area contributed by atoms with Crippen molar-refractivity contribution in [1.29, 1.82) is 0 Å². The fourth-order valence-electron chi connectivity index (χ4n) is 3.95. The molecule has 0 saturated heterocycles. The van der Waals surface area contributed by atoms with E-state index in [2.05, 4.69) is 21.6 Å². The van der Waals surface area contributed by atoms with Crippen LogP contribution in [0.2, 0.25) is 0 Å². The molecule has 1 aliphatic rings. The van der Waals surface area contributed by atoms with E-state index in [-0.39, 0.29) is 0 Å². The molecule has 7 heteroatoms. The van der Waals surface area contributed by atoms with Gasteiger partial charge in [0, 0.05) is 31.3 Å². The van der Waals surface area contributed by atoms with Gasteiger partial charge in [-0.25, -0.2) is 0 Å². The molecule has 6 nitrogen and oxygen atoms in total. The van der Waals surface area contributed by atoms with E-state index < -0.39 is 6.10 Å². The number of hydrogen-bond donors (Lipinski definition) is 1. The third kappa shape index (κ3) is 2.92. The zero-order valence-corrected chi connectivity index (χ0v) is 16.5. The average Bonchev–Trinajstić information content (AvgIpc) is 2.92.